The van der Waals surface area contributed by atoms with Crippen molar-refractivity contribution in [1.82, 2.24) is 14.9 Å². The van der Waals surface area contributed by atoms with Gasteiger partial charge in [0, 0.05) is 6.92 Å². The third-order valence-electron chi connectivity index (χ3n) is 4.18. The first-order valence-corrected chi connectivity index (χ1v) is 7.74. The molecule has 1 aromatic heterocycles. The Labute approximate surface area is 154 Å². The lowest BCUT2D eigenvalue weighted by Crippen LogP contribution is -2.61. The van der Waals surface area contributed by atoms with Gasteiger partial charge in [0.05, 0.1) is 12.8 Å². The Bertz CT molecular complexity index is 1090. The summed E-state index contributed by atoms with van der Waals surface area (Å²) in [6.45, 7) is 0.770. The van der Waals surface area contributed by atoms with Gasteiger partial charge in [-0.25, -0.2) is 9.36 Å². The van der Waals surface area contributed by atoms with Gasteiger partial charge < -0.3 is 15.4 Å². The summed E-state index contributed by atoms with van der Waals surface area (Å²) < 4.78 is 47.3. The molecule has 0 fully saturated rings. The number of hydrogen-bond acceptors (Lipinski definition) is 5. The first-order valence-electron chi connectivity index (χ1n) is 7.74. The van der Waals surface area contributed by atoms with E-state index in [-0.39, 0.29) is 5.69 Å². The van der Waals surface area contributed by atoms with E-state index in [9.17, 15) is 32.3 Å². The molecule has 2 heterocycles. The smallest absolute Gasteiger partial charge is 0.425 e. The highest BCUT2D eigenvalue weighted by Gasteiger charge is 2.68. The zero-order valence-corrected chi connectivity index (χ0v) is 14.4. The number of ether oxygens (including phenoxy) is 1. The van der Waals surface area contributed by atoms with Crippen LogP contribution in [0.1, 0.15) is 12.5 Å². The van der Waals surface area contributed by atoms with Crippen LogP contribution in [0.3, 0.4) is 0 Å². The molecule has 0 bridgehead atoms. The SMILES string of the molecule is COc1ccc(-n2c3c(c(=O)[nH]c2=O)[C@@](NC(C)=O)(C(F)(F)F)C(=O)N3)cc1. The number of methoxy groups -OCH3 is 1. The van der Waals surface area contributed by atoms with Gasteiger partial charge in [0.2, 0.25) is 11.4 Å². The fraction of sp³-hybridized carbons (Fsp3) is 0.250. The van der Waals surface area contributed by atoms with Gasteiger partial charge in [-0.1, -0.05) is 0 Å². The third-order valence-corrected chi connectivity index (χ3v) is 4.18. The van der Waals surface area contributed by atoms with Crippen LogP contribution in [0.4, 0.5) is 19.0 Å². The number of benzene rings is 1. The number of alkyl halides is 3. The maximum atomic E-state index is 13.9. The number of halogens is 3. The van der Waals surface area contributed by atoms with Crippen LogP contribution >= 0.6 is 0 Å². The van der Waals surface area contributed by atoms with Crippen molar-refractivity contribution in [2.45, 2.75) is 18.6 Å². The van der Waals surface area contributed by atoms with Gasteiger partial charge >= 0.3 is 11.9 Å². The van der Waals surface area contributed by atoms with Crippen molar-refractivity contribution in [3.05, 3.63) is 50.7 Å². The molecule has 1 aromatic carbocycles. The maximum absolute atomic E-state index is 13.9. The van der Waals surface area contributed by atoms with Gasteiger partial charge in [0.25, 0.3) is 11.5 Å². The number of carbonyl (C=O) groups excluding carboxylic acids is 2. The Balaban J connectivity index is 2.37. The number of rotatable bonds is 3. The van der Waals surface area contributed by atoms with Gasteiger partial charge in [-0.2, -0.15) is 13.2 Å². The van der Waals surface area contributed by atoms with Gasteiger partial charge in [-0.05, 0) is 24.3 Å². The molecule has 1 aliphatic rings. The molecule has 2 amide bonds. The predicted octanol–water partition coefficient (Wildman–Crippen LogP) is 0.380. The highest BCUT2D eigenvalue weighted by Crippen LogP contribution is 2.45. The molecule has 9 nitrogen and oxygen atoms in total. The molecule has 0 saturated heterocycles. The summed E-state index contributed by atoms with van der Waals surface area (Å²) in [5.41, 5.74) is -7.23. The van der Waals surface area contributed by atoms with E-state index in [1.165, 1.54) is 36.7 Å². The van der Waals surface area contributed by atoms with Crippen LogP contribution in [-0.2, 0) is 15.1 Å². The lowest BCUT2D eigenvalue weighted by Gasteiger charge is -2.29. The average Bonchev–Trinajstić information content (AvgIpc) is 2.88. The van der Waals surface area contributed by atoms with Crippen LogP contribution < -0.4 is 26.6 Å². The van der Waals surface area contributed by atoms with Crippen LogP contribution in [-0.4, -0.2) is 34.7 Å². The Morgan fingerprint density at radius 1 is 1.18 bits per heavy atom. The number of aromatic nitrogens is 2. The van der Waals surface area contributed by atoms with E-state index in [2.05, 4.69) is 0 Å². The molecule has 12 heteroatoms. The molecule has 1 atom stereocenters. The average molecular weight is 398 g/mol. The zero-order valence-electron chi connectivity index (χ0n) is 14.4. The number of fused-ring (bicyclic) bond motifs is 1. The Morgan fingerprint density at radius 2 is 1.79 bits per heavy atom. The zero-order chi connectivity index (χ0) is 20.9. The number of carbonyl (C=O) groups is 2. The number of hydrogen-bond donors (Lipinski definition) is 3. The second-order valence-electron chi connectivity index (χ2n) is 5.90. The third kappa shape index (κ3) is 2.64. The van der Waals surface area contributed by atoms with Crippen molar-refractivity contribution in [1.29, 1.82) is 0 Å². The number of anilines is 1. The molecule has 3 rings (SSSR count). The van der Waals surface area contributed by atoms with E-state index >= 15 is 0 Å². The molecule has 0 saturated carbocycles. The highest BCUT2D eigenvalue weighted by molar-refractivity contribution is 6.07. The number of nitrogens with zero attached hydrogens (tertiary/aromatic N) is 1. The van der Waals surface area contributed by atoms with Crippen LogP contribution in [0, 0.1) is 0 Å². The van der Waals surface area contributed by atoms with Crippen molar-refractivity contribution < 1.29 is 27.5 Å². The van der Waals surface area contributed by atoms with E-state index in [0.29, 0.717) is 10.3 Å². The van der Waals surface area contributed by atoms with Crippen LogP contribution in [0.15, 0.2) is 33.9 Å². The van der Waals surface area contributed by atoms with Crippen molar-refractivity contribution in [3.63, 3.8) is 0 Å². The van der Waals surface area contributed by atoms with Gasteiger partial charge in [-0.15, -0.1) is 0 Å². The quantitative estimate of drug-likeness (QED) is 0.690. The molecule has 0 aliphatic carbocycles. The maximum Gasteiger partial charge on any atom is 0.425 e. The monoisotopic (exact) mass is 398 g/mol. The van der Waals surface area contributed by atoms with E-state index in [0.717, 1.165) is 6.92 Å². The molecule has 2 aromatic rings. The minimum Gasteiger partial charge on any atom is -0.497 e. The summed E-state index contributed by atoms with van der Waals surface area (Å²) in [6, 6.07) is 5.55. The summed E-state index contributed by atoms with van der Waals surface area (Å²) in [4.78, 5) is 50.1. The summed E-state index contributed by atoms with van der Waals surface area (Å²) in [7, 11) is 1.39. The minimum atomic E-state index is -5.36. The Morgan fingerprint density at radius 3 is 2.29 bits per heavy atom. The summed E-state index contributed by atoms with van der Waals surface area (Å²) in [5.74, 6) is -3.18. The van der Waals surface area contributed by atoms with Gasteiger partial charge in [0.1, 0.15) is 17.1 Å². The minimum absolute atomic E-state index is 0.0550. The molecule has 0 spiro atoms. The standard InChI is InChI=1S/C16H13F3N4O5/c1-7(24)22-15(16(17,18)19)10-11(20-13(15)26)23(14(27)21-12(10)25)8-3-5-9(28-2)6-4-8/h3-6H,1-2H3,(H,20,26)(H,22,24)(H,21,25,27)/t15-/m0/s1. The summed E-state index contributed by atoms with van der Waals surface area (Å²) in [5, 5.41) is 3.44. The summed E-state index contributed by atoms with van der Waals surface area (Å²) in [6.07, 6.45) is -5.36. The first-order chi connectivity index (χ1) is 13.0. The Hall–Kier alpha value is -3.57. The molecule has 3 N–H and O–H groups in total. The molecule has 0 unspecified atom stereocenters. The lowest BCUT2D eigenvalue weighted by molar-refractivity contribution is -0.200. The topological polar surface area (TPSA) is 122 Å². The molecule has 28 heavy (non-hydrogen) atoms. The van der Waals surface area contributed by atoms with Gasteiger partial charge in [-0.3, -0.25) is 19.4 Å². The largest absolute Gasteiger partial charge is 0.497 e. The second kappa shape index (κ2) is 6.25. The van der Waals surface area contributed by atoms with Crippen molar-refractivity contribution in [2.24, 2.45) is 0 Å². The van der Waals surface area contributed by atoms with E-state index < -0.39 is 46.2 Å². The number of H-pyrrole nitrogens is 1. The molecule has 1 aliphatic heterocycles. The Kier molecular flexibility index (Phi) is 4.29. The van der Waals surface area contributed by atoms with Crippen molar-refractivity contribution in [2.75, 3.05) is 12.4 Å². The number of aromatic amines is 1. The van der Waals surface area contributed by atoms with E-state index in [4.69, 9.17) is 4.74 Å². The van der Waals surface area contributed by atoms with E-state index in [1.54, 1.807) is 4.98 Å². The highest BCUT2D eigenvalue weighted by atomic mass is 19.4. The first kappa shape index (κ1) is 19.2. The fourth-order valence-electron chi connectivity index (χ4n) is 3.02. The fourth-order valence-corrected chi connectivity index (χ4v) is 3.02. The molecule has 148 valence electrons. The van der Waals surface area contributed by atoms with Crippen molar-refractivity contribution >= 4 is 17.6 Å². The molecular formula is C16H13F3N4O5. The van der Waals surface area contributed by atoms with Crippen molar-refractivity contribution in [3.8, 4) is 11.4 Å². The predicted molar refractivity (Wildman–Crippen MR) is 89.4 cm³/mol. The number of nitrogens with one attached hydrogen (secondary N) is 3. The summed E-state index contributed by atoms with van der Waals surface area (Å²) >= 11 is 0. The number of amides is 2. The van der Waals surface area contributed by atoms with Crippen LogP contribution in [0.2, 0.25) is 0 Å². The van der Waals surface area contributed by atoms with Gasteiger partial charge in [0.15, 0.2) is 0 Å². The molecular weight excluding hydrogens is 385 g/mol. The second-order valence-corrected chi connectivity index (χ2v) is 5.90. The normalized spacial score (nSPS) is 18.4. The lowest BCUT2D eigenvalue weighted by atomic mass is 9.92. The van der Waals surface area contributed by atoms with Crippen LogP contribution in [0.25, 0.3) is 5.69 Å². The molecule has 0 radical (unpaired) electrons. The van der Waals surface area contributed by atoms with E-state index in [1.807, 2.05) is 5.32 Å². The van der Waals surface area contributed by atoms with Crippen LogP contribution in [0.5, 0.6) is 5.75 Å².